The lowest BCUT2D eigenvalue weighted by atomic mass is 9.98. The fourth-order valence-corrected chi connectivity index (χ4v) is 7.91. The largest absolute Gasteiger partial charge is 0.456 e. The molecule has 11 aromatic rings. The summed E-state index contributed by atoms with van der Waals surface area (Å²) in [5.74, 6) is 0. The summed E-state index contributed by atoms with van der Waals surface area (Å²) in [6.45, 7) is 0. The van der Waals surface area contributed by atoms with Crippen LogP contribution in [0.1, 0.15) is 0 Å². The molecule has 0 bridgehead atoms. The molecule has 0 aliphatic heterocycles. The fraction of sp³-hybridized carbons (Fsp3) is 0. The van der Waals surface area contributed by atoms with E-state index < -0.39 is 0 Å². The number of aromatic nitrogens is 1. The van der Waals surface area contributed by atoms with Crippen molar-refractivity contribution in [2.24, 2.45) is 0 Å². The minimum Gasteiger partial charge on any atom is -0.456 e. The maximum atomic E-state index is 6.35. The maximum Gasteiger partial charge on any atom is 0.135 e. The highest BCUT2D eigenvalue weighted by atomic mass is 16.3. The smallest absolute Gasteiger partial charge is 0.135 e. The van der Waals surface area contributed by atoms with E-state index in [4.69, 9.17) is 8.83 Å². The van der Waals surface area contributed by atoms with E-state index in [-0.39, 0.29) is 0 Å². The average Bonchev–Trinajstić information content (AvgIpc) is 3.86. The Hall–Kier alpha value is -6.84. The second-order valence-electron chi connectivity index (χ2n) is 13.3. The van der Waals surface area contributed by atoms with E-state index in [9.17, 15) is 0 Å². The lowest BCUT2D eigenvalue weighted by Crippen LogP contribution is -1.93. The quantitative estimate of drug-likeness (QED) is 0.190. The molecule has 8 aromatic carbocycles. The average molecular weight is 652 g/mol. The van der Waals surface area contributed by atoms with Gasteiger partial charge in [-0.05, 0) is 106 Å². The van der Waals surface area contributed by atoms with E-state index in [2.05, 4.69) is 168 Å². The molecule has 238 valence electrons. The van der Waals surface area contributed by atoms with Crippen LogP contribution < -0.4 is 0 Å². The SMILES string of the molecule is c1ccc(-c2ccc(-n3c4ccccc4c4cc(-c5ccc6oc7ccc(-c8ccc9oc%10ccccc%10c9c8)cc7c6c5)ccc43)cc2)cc1. The first-order valence-electron chi connectivity index (χ1n) is 17.3. The van der Waals surface area contributed by atoms with E-state index in [1.165, 1.54) is 38.5 Å². The summed E-state index contributed by atoms with van der Waals surface area (Å²) in [6, 6.07) is 62.7. The molecule has 0 aliphatic carbocycles. The molecule has 0 atom stereocenters. The van der Waals surface area contributed by atoms with Crippen molar-refractivity contribution in [3.8, 4) is 39.1 Å². The van der Waals surface area contributed by atoms with Gasteiger partial charge >= 0.3 is 0 Å². The molecule has 0 saturated heterocycles. The summed E-state index contributed by atoms with van der Waals surface area (Å²) in [6.07, 6.45) is 0. The molecule has 0 aliphatic rings. The first kappa shape index (κ1) is 28.0. The van der Waals surface area contributed by atoms with Crippen LogP contribution in [0.15, 0.2) is 185 Å². The zero-order chi connectivity index (χ0) is 33.5. The van der Waals surface area contributed by atoms with Gasteiger partial charge < -0.3 is 13.4 Å². The highest BCUT2D eigenvalue weighted by Gasteiger charge is 2.16. The summed E-state index contributed by atoms with van der Waals surface area (Å²) in [4.78, 5) is 0. The molecule has 3 nitrogen and oxygen atoms in total. The van der Waals surface area contributed by atoms with E-state index in [0.717, 1.165) is 66.3 Å². The Balaban J connectivity index is 1.01. The number of hydrogen-bond acceptors (Lipinski definition) is 2. The van der Waals surface area contributed by atoms with Crippen LogP contribution in [-0.2, 0) is 0 Å². The summed E-state index contributed by atoms with van der Waals surface area (Å²) in [7, 11) is 0. The second-order valence-corrected chi connectivity index (χ2v) is 13.3. The number of para-hydroxylation sites is 2. The van der Waals surface area contributed by atoms with Crippen molar-refractivity contribution in [1.82, 2.24) is 4.57 Å². The molecule has 3 heterocycles. The Labute approximate surface area is 293 Å². The van der Waals surface area contributed by atoms with Gasteiger partial charge in [0.15, 0.2) is 0 Å². The number of fused-ring (bicyclic) bond motifs is 9. The van der Waals surface area contributed by atoms with Gasteiger partial charge in [-0.15, -0.1) is 0 Å². The Kier molecular flexibility index (Phi) is 5.96. The van der Waals surface area contributed by atoms with E-state index in [1.54, 1.807) is 0 Å². The van der Waals surface area contributed by atoms with Crippen molar-refractivity contribution in [2.45, 2.75) is 0 Å². The van der Waals surface area contributed by atoms with Crippen LogP contribution in [0.4, 0.5) is 0 Å². The predicted octanol–water partition coefficient (Wildman–Crippen LogP) is 13.6. The van der Waals surface area contributed by atoms with Crippen LogP contribution in [-0.4, -0.2) is 4.57 Å². The summed E-state index contributed by atoms with van der Waals surface area (Å²) >= 11 is 0. The molecule has 0 N–H and O–H groups in total. The highest BCUT2D eigenvalue weighted by Crippen LogP contribution is 2.39. The number of rotatable bonds is 4. The van der Waals surface area contributed by atoms with Crippen LogP contribution in [0.25, 0.3) is 105 Å². The summed E-state index contributed by atoms with van der Waals surface area (Å²) in [5, 5.41) is 6.96. The van der Waals surface area contributed by atoms with Gasteiger partial charge in [0.05, 0.1) is 11.0 Å². The molecule has 0 radical (unpaired) electrons. The first-order chi connectivity index (χ1) is 25.2. The molecule has 0 saturated carbocycles. The normalized spacial score (nSPS) is 11.9. The maximum absolute atomic E-state index is 6.35. The second kappa shape index (κ2) is 10.8. The molecular weight excluding hydrogens is 623 g/mol. The predicted molar refractivity (Wildman–Crippen MR) is 212 cm³/mol. The molecule has 51 heavy (non-hydrogen) atoms. The Morgan fingerprint density at radius 1 is 0.275 bits per heavy atom. The zero-order valence-electron chi connectivity index (χ0n) is 27.5. The van der Waals surface area contributed by atoms with E-state index in [0.29, 0.717) is 0 Å². The number of nitrogens with zero attached hydrogens (tertiary/aromatic N) is 1. The van der Waals surface area contributed by atoms with Gasteiger partial charge in [-0.2, -0.15) is 0 Å². The number of benzene rings is 8. The molecule has 3 aromatic heterocycles. The first-order valence-corrected chi connectivity index (χ1v) is 17.3. The third-order valence-corrected chi connectivity index (χ3v) is 10.4. The Morgan fingerprint density at radius 3 is 1.35 bits per heavy atom. The topological polar surface area (TPSA) is 31.2 Å². The van der Waals surface area contributed by atoms with Crippen molar-refractivity contribution in [2.75, 3.05) is 0 Å². The van der Waals surface area contributed by atoms with Gasteiger partial charge in [-0.3, -0.25) is 0 Å². The fourth-order valence-electron chi connectivity index (χ4n) is 7.91. The van der Waals surface area contributed by atoms with Gasteiger partial charge in [0.25, 0.3) is 0 Å². The van der Waals surface area contributed by atoms with Crippen LogP contribution in [0.5, 0.6) is 0 Å². The summed E-state index contributed by atoms with van der Waals surface area (Å²) < 4.78 is 14.8. The monoisotopic (exact) mass is 651 g/mol. The van der Waals surface area contributed by atoms with Crippen molar-refractivity contribution >= 4 is 65.7 Å². The Morgan fingerprint density at radius 2 is 0.706 bits per heavy atom. The zero-order valence-corrected chi connectivity index (χ0v) is 27.5. The van der Waals surface area contributed by atoms with Gasteiger partial charge in [0, 0.05) is 38.0 Å². The molecule has 0 unspecified atom stereocenters. The minimum atomic E-state index is 0.887. The van der Waals surface area contributed by atoms with Crippen molar-refractivity contribution in [3.05, 3.63) is 176 Å². The number of furan rings is 2. The third kappa shape index (κ3) is 4.38. The number of hydrogen-bond donors (Lipinski definition) is 0. The summed E-state index contributed by atoms with van der Waals surface area (Å²) in [5.41, 5.74) is 14.2. The molecular formula is C48H29NO2. The minimum absolute atomic E-state index is 0.887. The van der Waals surface area contributed by atoms with Gasteiger partial charge in [-0.1, -0.05) is 103 Å². The van der Waals surface area contributed by atoms with E-state index in [1.807, 2.05) is 12.1 Å². The molecule has 0 amide bonds. The standard InChI is InChI=1S/C48H29NO2/c1-2-8-30(9-3-1)31-14-20-36(21-15-31)49-43-12-6-4-10-37(43)39-26-32(16-22-44(39)49)34-18-24-47-41(28-34)42-29-35(19-25-48(42)51-47)33-17-23-46-40(27-33)38-11-5-7-13-45(38)50-46/h1-29H. The molecule has 0 fully saturated rings. The molecule has 11 rings (SSSR count). The van der Waals surface area contributed by atoms with Crippen molar-refractivity contribution < 1.29 is 8.83 Å². The highest BCUT2D eigenvalue weighted by molar-refractivity contribution is 6.12. The van der Waals surface area contributed by atoms with Gasteiger partial charge in [-0.25, -0.2) is 0 Å². The lowest BCUT2D eigenvalue weighted by Gasteiger charge is -2.10. The van der Waals surface area contributed by atoms with Gasteiger partial charge in [0.2, 0.25) is 0 Å². The Bertz CT molecular complexity index is 3120. The molecule has 0 spiro atoms. The van der Waals surface area contributed by atoms with Crippen molar-refractivity contribution in [1.29, 1.82) is 0 Å². The van der Waals surface area contributed by atoms with Gasteiger partial charge in [0.1, 0.15) is 22.3 Å². The lowest BCUT2D eigenvalue weighted by molar-refractivity contribution is 0.668. The van der Waals surface area contributed by atoms with Crippen LogP contribution in [0, 0.1) is 0 Å². The van der Waals surface area contributed by atoms with Crippen molar-refractivity contribution in [3.63, 3.8) is 0 Å². The molecule has 3 heteroatoms. The van der Waals surface area contributed by atoms with Crippen LogP contribution in [0.3, 0.4) is 0 Å². The van der Waals surface area contributed by atoms with Crippen LogP contribution >= 0.6 is 0 Å². The van der Waals surface area contributed by atoms with E-state index >= 15 is 0 Å². The third-order valence-electron chi connectivity index (χ3n) is 10.4. The van der Waals surface area contributed by atoms with Crippen LogP contribution in [0.2, 0.25) is 0 Å².